The van der Waals surface area contributed by atoms with Gasteiger partial charge in [-0.15, -0.1) is 0 Å². The summed E-state index contributed by atoms with van der Waals surface area (Å²) in [5, 5.41) is 7.77. The van der Waals surface area contributed by atoms with E-state index in [1.807, 2.05) is 4.68 Å². The Kier molecular flexibility index (Phi) is 1.66. The summed E-state index contributed by atoms with van der Waals surface area (Å²) in [4.78, 5) is 0. The van der Waals surface area contributed by atoms with Crippen LogP contribution in [0.25, 0.3) is 0 Å². The summed E-state index contributed by atoms with van der Waals surface area (Å²) in [6, 6.07) is 0. The van der Waals surface area contributed by atoms with E-state index >= 15 is 0 Å². The molecule has 0 aromatic carbocycles. The van der Waals surface area contributed by atoms with Crippen LogP contribution in [0.1, 0.15) is 18.2 Å². The minimum absolute atomic E-state index is 0.979. The second-order valence-corrected chi connectivity index (χ2v) is 2.88. The molecule has 2 rings (SSSR count). The van der Waals surface area contributed by atoms with E-state index in [0.717, 1.165) is 26.1 Å². The van der Waals surface area contributed by atoms with Crippen LogP contribution < -0.4 is 5.32 Å². The summed E-state index contributed by atoms with van der Waals surface area (Å²) < 4.78 is 2.01. The van der Waals surface area contributed by atoms with E-state index in [1.165, 1.54) is 11.3 Å². The fourth-order valence-corrected chi connectivity index (χ4v) is 1.45. The topological polar surface area (TPSA) is 29.9 Å². The summed E-state index contributed by atoms with van der Waals surface area (Å²) >= 11 is 0. The molecule has 0 bridgehead atoms. The zero-order valence-electron chi connectivity index (χ0n) is 6.80. The molecule has 60 valence electrons. The third kappa shape index (κ3) is 1.16. The van der Waals surface area contributed by atoms with Crippen LogP contribution in [0.15, 0.2) is 6.20 Å². The number of hydrogen-bond acceptors (Lipinski definition) is 2. The van der Waals surface area contributed by atoms with Crippen molar-refractivity contribution in [2.45, 2.75) is 26.4 Å². The molecule has 0 saturated carbocycles. The van der Waals surface area contributed by atoms with Crippen LogP contribution in [0.2, 0.25) is 0 Å². The van der Waals surface area contributed by atoms with Crippen molar-refractivity contribution in [3.8, 4) is 0 Å². The van der Waals surface area contributed by atoms with Crippen LogP contribution in [0.3, 0.4) is 0 Å². The average Bonchev–Trinajstić information content (AvgIpc) is 2.46. The highest BCUT2D eigenvalue weighted by Crippen LogP contribution is 2.10. The van der Waals surface area contributed by atoms with Crippen molar-refractivity contribution < 1.29 is 0 Å². The van der Waals surface area contributed by atoms with E-state index in [0.29, 0.717) is 0 Å². The Morgan fingerprint density at radius 1 is 1.73 bits per heavy atom. The molecule has 1 N–H and O–H groups in total. The van der Waals surface area contributed by atoms with Gasteiger partial charge < -0.3 is 5.32 Å². The van der Waals surface area contributed by atoms with Crippen molar-refractivity contribution in [1.29, 1.82) is 0 Å². The zero-order valence-corrected chi connectivity index (χ0v) is 6.80. The van der Waals surface area contributed by atoms with Gasteiger partial charge in [0, 0.05) is 37.8 Å². The van der Waals surface area contributed by atoms with Gasteiger partial charge in [-0.1, -0.05) is 0 Å². The molecule has 0 spiro atoms. The van der Waals surface area contributed by atoms with E-state index in [-0.39, 0.29) is 0 Å². The second-order valence-electron chi connectivity index (χ2n) is 2.88. The van der Waals surface area contributed by atoms with Gasteiger partial charge in [-0.05, 0) is 6.92 Å². The fraction of sp³-hybridized carbons (Fsp3) is 0.625. The molecule has 1 aliphatic rings. The Bertz CT molecular complexity index is 228. The number of nitrogens with one attached hydrogen (secondary N) is 1. The van der Waals surface area contributed by atoms with Crippen LogP contribution in [0.4, 0.5) is 0 Å². The van der Waals surface area contributed by atoms with Crippen molar-refractivity contribution in [2.75, 3.05) is 6.54 Å². The predicted molar refractivity (Wildman–Crippen MR) is 43.3 cm³/mol. The Morgan fingerprint density at radius 2 is 2.64 bits per heavy atom. The maximum absolute atomic E-state index is 4.45. The molecule has 3 heteroatoms. The molecular formula is C8H13N3. The molecule has 0 aliphatic carbocycles. The molecular weight excluding hydrogens is 138 g/mol. The van der Waals surface area contributed by atoms with E-state index in [1.54, 1.807) is 0 Å². The van der Waals surface area contributed by atoms with Crippen molar-refractivity contribution in [3.05, 3.63) is 17.5 Å². The lowest BCUT2D eigenvalue weighted by molar-refractivity contribution is 0.620. The summed E-state index contributed by atoms with van der Waals surface area (Å²) in [7, 11) is 0. The Hall–Kier alpha value is -0.830. The fourth-order valence-electron chi connectivity index (χ4n) is 1.45. The Labute approximate surface area is 66.4 Å². The summed E-state index contributed by atoms with van der Waals surface area (Å²) in [5.41, 5.74) is 2.66. The highest BCUT2D eigenvalue weighted by atomic mass is 15.3. The SMILES string of the molecule is CCn1cc2c(n1)CCNC2. The normalized spacial score (nSPS) is 16.5. The van der Waals surface area contributed by atoms with E-state index in [4.69, 9.17) is 0 Å². The standard InChI is InChI=1S/C8H13N3/c1-2-11-6-7-5-9-4-3-8(7)10-11/h6,9H,2-5H2,1H3. The lowest BCUT2D eigenvalue weighted by Gasteiger charge is -2.09. The number of nitrogens with zero attached hydrogens (tertiary/aromatic N) is 2. The average molecular weight is 151 g/mol. The molecule has 1 aromatic rings. The lowest BCUT2D eigenvalue weighted by Crippen LogP contribution is -2.22. The molecule has 0 saturated heterocycles. The first kappa shape index (κ1) is 6.85. The van der Waals surface area contributed by atoms with E-state index in [2.05, 4.69) is 23.5 Å². The number of aryl methyl sites for hydroxylation is 1. The monoisotopic (exact) mass is 151 g/mol. The van der Waals surface area contributed by atoms with Crippen LogP contribution in [-0.2, 0) is 19.5 Å². The first-order valence-corrected chi connectivity index (χ1v) is 4.16. The minimum Gasteiger partial charge on any atom is -0.312 e. The molecule has 0 radical (unpaired) electrons. The maximum Gasteiger partial charge on any atom is 0.0682 e. The molecule has 0 atom stereocenters. The van der Waals surface area contributed by atoms with E-state index < -0.39 is 0 Å². The molecule has 2 heterocycles. The maximum atomic E-state index is 4.45. The molecule has 11 heavy (non-hydrogen) atoms. The summed E-state index contributed by atoms with van der Waals surface area (Å²) in [5.74, 6) is 0. The van der Waals surface area contributed by atoms with Gasteiger partial charge in [-0.3, -0.25) is 4.68 Å². The first-order chi connectivity index (χ1) is 5.40. The van der Waals surface area contributed by atoms with Crippen molar-refractivity contribution in [2.24, 2.45) is 0 Å². The summed E-state index contributed by atoms with van der Waals surface area (Å²) in [6.07, 6.45) is 3.23. The highest BCUT2D eigenvalue weighted by Gasteiger charge is 2.11. The predicted octanol–water partition coefficient (Wildman–Crippen LogP) is 0.549. The third-order valence-corrected chi connectivity index (χ3v) is 2.10. The molecule has 3 nitrogen and oxygen atoms in total. The van der Waals surface area contributed by atoms with Crippen LogP contribution in [0, 0.1) is 0 Å². The molecule has 0 amide bonds. The van der Waals surface area contributed by atoms with Crippen molar-refractivity contribution in [1.82, 2.24) is 15.1 Å². The molecule has 0 unspecified atom stereocenters. The van der Waals surface area contributed by atoms with Gasteiger partial charge in [0.25, 0.3) is 0 Å². The number of rotatable bonds is 1. The smallest absolute Gasteiger partial charge is 0.0682 e. The highest BCUT2D eigenvalue weighted by molar-refractivity contribution is 5.19. The Morgan fingerprint density at radius 3 is 3.36 bits per heavy atom. The van der Waals surface area contributed by atoms with E-state index in [9.17, 15) is 0 Å². The first-order valence-electron chi connectivity index (χ1n) is 4.16. The van der Waals surface area contributed by atoms with Crippen LogP contribution >= 0.6 is 0 Å². The van der Waals surface area contributed by atoms with Gasteiger partial charge in [0.15, 0.2) is 0 Å². The summed E-state index contributed by atoms with van der Waals surface area (Å²) in [6.45, 7) is 5.17. The molecule has 0 fully saturated rings. The number of aromatic nitrogens is 2. The van der Waals surface area contributed by atoms with Gasteiger partial charge in [0.1, 0.15) is 0 Å². The lowest BCUT2D eigenvalue weighted by atomic mass is 10.1. The van der Waals surface area contributed by atoms with Crippen molar-refractivity contribution >= 4 is 0 Å². The number of hydrogen-bond donors (Lipinski definition) is 1. The second kappa shape index (κ2) is 2.66. The Balaban J connectivity index is 2.32. The van der Waals surface area contributed by atoms with Gasteiger partial charge in [-0.2, -0.15) is 5.10 Å². The van der Waals surface area contributed by atoms with Gasteiger partial charge in [0.05, 0.1) is 5.69 Å². The quantitative estimate of drug-likeness (QED) is 0.635. The van der Waals surface area contributed by atoms with Gasteiger partial charge in [-0.25, -0.2) is 0 Å². The number of fused-ring (bicyclic) bond motifs is 1. The van der Waals surface area contributed by atoms with Crippen LogP contribution in [0.5, 0.6) is 0 Å². The van der Waals surface area contributed by atoms with Crippen molar-refractivity contribution in [3.63, 3.8) is 0 Å². The molecule has 1 aliphatic heterocycles. The largest absolute Gasteiger partial charge is 0.312 e. The third-order valence-electron chi connectivity index (χ3n) is 2.10. The van der Waals surface area contributed by atoms with Gasteiger partial charge in [0.2, 0.25) is 0 Å². The molecule has 1 aromatic heterocycles. The zero-order chi connectivity index (χ0) is 7.68. The van der Waals surface area contributed by atoms with Gasteiger partial charge >= 0.3 is 0 Å². The minimum atomic E-state index is 0.979. The van der Waals surface area contributed by atoms with Crippen LogP contribution in [-0.4, -0.2) is 16.3 Å².